The van der Waals surface area contributed by atoms with Crippen LogP contribution < -0.4 is 10.0 Å². The molecule has 4 aliphatic carbocycles. The van der Waals surface area contributed by atoms with Gasteiger partial charge in [0, 0.05) is 6.54 Å². The van der Waals surface area contributed by atoms with Crippen LogP contribution >= 0.6 is 0 Å². The minimum absolute atomic E-state index is 0.0757. The van der Waals surface area contributed by atoms with Crippen LogP contribution in [0.25, 0.3) is 0 Å². The quantitative estimate of drug-likeness (QED) is 0.660. The van der Waals surface area contributed by atoms with Crippen molar-refractivity contribution in [2.45, 2.75) is 38.5 Å². The molecular formula is C21H28N2O5S. The highest BCUT2D eigenvalue weighted by molar-refractivity contribution is 7.92. The number of sulfonamides is 1. The summed E-state index contributed by atoms with van der Waals surface area (Å²) >= 11 is 0. The van der Waals surface area contributed by atoms with E-state index in [2.05, 4.69) is 10.0 Å². The van der Waals surface area contributed by atoms with Crippen LogP contribution in [0.3, 0.4) is 0 Å². The van der Waals surface area contributed by atoms with Crippen LogP contribution in [-0.4, -0.2) is 39.7 Å². The number of carbonyl (C=O) groups is 2. The molecule has 158 valence electrons. The Hall–Kier alpha value is -2.09. The summed E-state index contributed by atoms with van der Waals surface area (Å²) in [5, 5.41) is 2.97. The van der Waals surface area contributed by atoms with Crippen molar-refractivity contribution in [1.82, 2.24) is 5.32 Å². The van der Waals surface area contributed by atoms with Crippen molar-refractivity contribution >= 4 is 27.6 Å². The fourth-order valence-corrected chi connectivity index (χ4v) is 6.58. The second kappa shape index (κ2) is 7.63. The van der Waals surface area contributed by atoms with Gasteiger partial charge < -0.3 is 10.1 Å². The highest BCUT2D eigenvalue weighted by atomic mass is 32.2. The zero-order valence-electron chi connectivity index (χ0n) is 16.6. The number of ether oxygens (including phenoxy) is 1. The molecule has 4 aliphatic rings. The molecule has 1 amide bonds. The Morgan fingerprint density at radius 3 is 2.24 bits per heavy atom. The van der Waals surface area contributed by atoms with Gasteiger partial charge in [0.1, 0.15) is 0 Å². The van der Waals surface area contributed by atoms with Gasteiger partial charge in [-0.1, -0.05) is 12.1 Å². The van der Waals surface area contributed by atoms with E-state index in [4.69, 9.17) is 4.74 Å². The van der Waals surface area contributed by atoms with Gasteiger partial charge in [0.25, 0.3) is 5.91 Å². The number of benzene rings is 1. The molecule has 0 heterocycles. The highest BCUT2D eigenvalue weighted by Gasteiger charge is 2.50. The minimum Gasteiger partial charge on any atom is -0.452 e. The lowest BCUT2D eigenvalue weighted by Crippen LogP contribution is -2.51. The number of anilines is 1. The van der Waals surface area contributed by atoms with E-state index in [0.29, 0.717) is 6.54 Å². The van der Waals surface area contributed by atoms with Crippen LogP contribution in [0.2, 0.25) is 0 Å². The van der Waals surface area contributed by atoms with Crippen molar-refractivity contribution in [3.63, 3.8) is 0 Å². The van der Waals surface area contributed by atoms with E-state index in [1.54, 1.807) is 12.1 Å². The molecule has 1 aromatic rings. The molecular weight excluding hydrogens is 392 g/mol. The maximum absolute atomic E-state index is 12.3. The van der Waals surface area contributed by atoms with Gasteiger partial charge in [-0.15, -0.1) is 0 Å². The smallest absolute Gasteiger partial charge is 0.340 e. The summed E-state index contributed by atoms with van der Waals surface area (Å²) in [5.41, 5.74) is 0.432. The van der Waals surface area contributed by atoms with E-state index in [-0.39, 0.29) is 29.2 Å². The average Bonchev–Trinajstić information content (AvgIpc) is 2.62. The van der Waals surface area contributed by atoms with Crippen LogP contribution in [0.1, 0.15) is 48.9 Å². The van der Waals surface area contributed by atoms with Gasteiger partial charge in [0.15, 0.2) is 6.61 Å². The number of amides is 1. The topological polar surface area (TPSA) is 102 Å². The van der Waals surface area contributed by atoms with Gasteiger partial charge in [-0.05, 0) is 73.8 Å². The Labute approximate surface area is 171 Å². The third-order valence-electron chi connectivity index (χ3n) is 6.60. The Morgan fingerprint density at radius 1 is 1.07 bits per heavy atom. The van der Waals surface area contributed by atoms with E-state index in [9.17, 15) is 18.0 Å². The first-order valence-corrected chi connectivity index (χ1v) is 12.1. The minimum atomic E-state index is -3.53. The maximum atomic E-state index is 12.3. The van der Waals surface area contributed by atoms with Gasteiger partial charge in [0.05, 0.1) is 17.5 Å². The second-order valence-corrected chi connectivity index (χ2v) is 10.9. The highest BCUT2D eigenvalue weighted by Crippen LogP contribution is 2.59. The molecule has 0 radical (unpaired) electrons. The van der Waals surface area contributed by atoms with E-state index >= 15 is 0 Å². The second-order valence-electron chi connectivity index (χ2n) is 9.19. The number of esters is 1. The van der Waals surface area contributed by atoms with Crippen LogP contribution in [0.4, 0.5) is 5.69 Å². The molecule has 0 saturated heterocycles. The van der Waals surface area contributed by atoms with Crippen molar-refractivity contribution < 1.29 is 22.7 Å². The zero-order chi connectivity index (χ0) is 20.6. The predicted octanol–water partition coefficient (Wildman–Crippen LogP) is 2.55. The first-order chi connectivity index (χ1) is 13.7. The fraction of sp³-hybridized carbons (Fsp3) is 0.619. The summed E-state index contributed by atoms with van der Waals surface area (Å²) in [6, 6.07) is 6.16. The Balaban J connectivity index is 1.30. The molecule has 4 fully saturated rings. The molecule has 7 nitrogen and oxygen atoms in total. The molecule has 0 unspecified atom stereocenters. The summed E-state index contributed by atoms with van der Waals surface area (Å²) in [4.78, 5) is 24.6. The molecule has 2 N–H and O–H groups in total. The normalized spacial score (nSPS) is 30.0. The lowest BCUT2D eigenvalue weighted by molar-refractivity contribution is -0.126. The van der Waals surface area contributed by atoms with E-state index in [1.165, 1.54) is 50.7 Å². The Morgan fingerprint density at radius 2 is 1.66 bits per heavy atom. The number of hydrogen-bond donors (Lipinski definition) is 2. The Bertz CT molecular complexity index is 876. The molecule has 0 spiro atoms. The molecule has 4 bridgehead atoms. The van der Waals surface area contributed by atoms with Gasteiger partial charge in [-0.3, -0.25) is 9.52 Å². The molecule has 0 aliphatic heterocycles. The van der Waals surface area contributed by atoms with Crippen molar-refractivity contribution in [2.24, 2.45) is 23.2 Å². The number of para-hydroxylation sites is 1. The van der Waals surface area contributed by atoms with Crippen LogP contribution in [-0.2, 0) is 19.6 Å². The Kier molecular flexibility index (Phi) is 5.31. The lowest BCUT2D eigenvalue weighted by Gasteiger charge is -2.56. The lowest BCUT2D eigenvalue weighted by atomic mass is 9.49. The summed E-state index contributed by atoms with van der Waals surface area (Å²) in [6.07, 6.45) is 8.66. The number of nitrogens with one attached hydrogen (secondary N) is 2. The predicted molar refractivity (Wildman–Crippen MR) is 109 cm³/mol. The molecule has 5 rings (SSSR count). The van der Waals surface area contributed by atoms with Gasteiger partial charge in [0.2, 0.25) is 10.0 Å². The summed E-state index contributed by atoms with van der Waals surface area (Å²) in [6.45, 7) is 0.275. The largest absolute Gasteiger partial charge is 0.452 e. The number of rotatable bonds is 7. The van der Waals surface area contributed by atoms with E-state index < -0.39 is 16.0 Å². The van der Waals surface area contributed by atoms with Crippen molar-refractivity contribution in [3.05, 3.63) is 29.8 Å². The fourth-order valence-electron chi connectivity index (χ4n) is 6.00. The van der Waals surface area contributed by atoms with Crippen LogP contribution in [0.5, 0.6) is 0 Å². The number of carbonyl (C=O) groups excluding carboxylic acids is 2. The zero-order valence-corrected chi connectivity index (χ0v) is 17.5. The molecule has 1 aromatic carbocycles. The summed E-state index contributed by atoms with van der Waals surface area (Å²) in [5.74, 6) is 1.39. The SMILES string of the molecule is CS(=O)(=O)Nc1ccccc1C(=O)OCC(=O)NCC12CC3CC(CC(C3)C1)C2. The third kappa shape index (κ3) is 4.74. The van der Waals surface area contributed by atoms with E-state index in [1.807, 2.05) is 0 Å². The molecule has 29 heavy (non-hydrogen) atoms. The maximum Gasteiger partial charge on any atom is 0.340 e. The first kappa shape index (κ1) is 20.2. The molecule has 4 saturated carbocycles. The van der Waals surface area contributed by atoms with Crippen molar-refractivity contribution in [3.8, 4) is 0 Å². The summed E-state index contributed by atoms with van der Waals surface area (Å²) < 4.78 is 30.3. The monoisotopic (exact) mass is 420 g/mol. The third-order valence-corrected chi connectivity index (χ3v) is 7.19. The van der Waals surface area contributed by atoms with Gasteiger partial charge in [-0.25, -0.2) is 13.2 Å². The van der Waals surface area contributed by atoms with Gasteiger partial charge in [-0.2, -0.15) is 0 Å². The summed E-state index contributed by atoms with van der Waals surface area (Å²) in [7, 11) is -3.53. The van der Waals surface area contributed by atoms with Crippen molar-refractivity contribution in [2.75, 3.05) is 24.1 Å². The van der Waals surface area contributed by atoms with Crippen LogP contribution in [0, 0.1) is 23.2 Å². The molecule has 0 atom stereocenters. The standard InChI is InChI=1S/C21H28N2O5S/c1-29(26,27)23-18-5-3-2-4-17(18)20(25)28-12-19(24)22-13-21-9-14-6-15(10-21)8-16(7-14)11-21/h2-5,14-16,23H,6-13H2,1H3,(H,22,24). The molecule has 8 heteroatoms. The average molecular weight is 421 g/mol. The number of hydrogen-bond acceptors (Lipinski definition) is 5. The molecule has 0 aromatic heterocycles. The van der Waals surface area contributed by atoms with Crippen molar-refractivity contribution in [1.29, 1.82) is 0 Å². The van der Waals surface area contributed by atoms with Crippen LogP contribution in [0.15, 0.2) is 24.3 Å². The van der Waals surface area contributed by atoms with E-state index in [0.717, 1.165) is 24.0 Å². The first-order valence-electron chi connectivity index (χ1n) is 10.2. The van der Waals surface area contributed by atoms with Gasteiger partial charge >= 0.3 is 5.97 Å².